The zero-order valence-corrected chi connectivity index (χ0v) is 19.5. The highest BCUT2D eigenvalue weighted by Gasteiger charge is 2.19. The summed E-state index contributed by atoms with van der Waals surface area (Å²) in [6.07, 6.45) is 2.85. The summed E-state index contributed by atoms with van der Waals surface area (Å²) in [4.78, 5) is 4.23. The Balaban J connectivity index is 1.32. The molecular weight excluding hydrogens is 444 g/mol. The molecular formula is C27H24N4O2S. The van der Waals surface area contributed by atoms with Crippen LogP contribution in [0, 0.1) is 6.92 Å². The molecule has 34 heavy (non-hydrogen) atoms. The lowest BCUT2D eigenvalue weighted by Gasteiger charge is -2.15. The molecule has 1 atom stereocenters. The van der Waals surface area contributed by atoms with Crippen molar-refractivity contribution < 1.29 is 9.84 Å². The number of aromatic nitrogens is 4. The van der Waals surface area contributed by atoms with E-state index in [0.29, 0.717) is 16.7 Å². The molecule has 1 unspecified atom stereocenters. The third-order valence-electron chi connectivity index (χ3n) is 5.48. The van der Waals surface area contributed by atoms with Crippen LogP contribution in [0.5, 0.6) is 5.75 Å². The topological polar surface area (TPSA) is 73.1 Å². The maximum Gasteiger partial charge on any atom is 0.196 e. The summed E-state index contributed by atoms with van der Waals surface area (Å²) in [5.74, 6) is 1.88. The van der Waals surface area contributed by atoms with E-state index in [1.54, 1.807) is 12.4 Å². The van der Waals surface area contributed by atoms with Crippen LogP contribution in [-0.2, 0) is 0 Å². The number of thioether (sulfide) groups is 1. The number of fused-ring (bicyclic) bond motifs is 1. The van der Waals surface area contributed by atoms with Crippen molar-refractivity contribution in [2.24, 2.45) is 0 Å². The fraction of sp³-hybridized carbons (Fsp3) is 0.148. The van der Waals surface area contributed by atoms with Crippen molar-refractivity contribution in [3.8, 4) is 22.8 Å². The minimum Gasteiger partial charge on any atom is -0.491 e. The van der Waals surface area contributed by atoms with E-state index in [2.05, 4.69) is 34.2 Å². The predicted octanol–water partition coefficient (Wildman–Crippen LogP) is 5.32. The van der Waals surface area contributed by atoms with Gasteiger partial charge in [-0.3, -0.25) is 9.55 Å². The van der Waals surface area contributed by atoms with E-state index in [9.17, 15) is 5.11 Å². The van der Waals surface area contributed by atoms with Crippen LogP contribution in [0.25, 0.3) is 27.8 Å². The van der Waals surface area contributed by atoms with Crippen LogP contribution in [0.1, 0.15) is 5.56 Å². The van der Waals surface area contributed by atoms with Gasteiger partial charge in [0.1, 0.15) is 12.4 Å². The molecule has 0 saturated heterocycles. The molecule has 0 aliphatic heterocycles. The number of pyridine rings is 1. The van der Waals surface area contributed by atoms with Crippen LogP contribution in [0.15, 0.2) is 96.4 Å². The molecule has 0 radical (unpaired) electrons. The number of ether oxygens (including phenoxy) is 1. The third-order valence-corrected chi connectivity index (χ3v) is 6.55. The summed E-state index contributed by atoms with van der Waals surface area (Å²) in [5.41, 5.74) is 2.98. The first-order chi connectivity index (χ1) is 16.7. The van der Waals surface area contributed by atoms with Gasteiger partial charge in [-0.05, 0) is 53.6 Å². The number of aliphatic hydroxyl groups excluding tert-OH is 1. The van der Waals surface area contributed by atoms with E-state index < -0.39 is 6.10 Å². The Labute approximate surface area is 202 Å². The standard InChI is InChI=1S/C27H24N4O2S/c1-19-7-2-5-11-25(19)31-26(22-10-6-14-28-16-22)29-30-27(31)34-18-23(32)17-33-24-13-12-20-8-3-4-9-21(20)15-24/h2-16,23,32H,17-18H2,1H3. The number of aryl methyl sites for hydroxylation is 1. The molecule has 2 heterocycles. The first-order valence-corrected chi connectivity index (χ1v) is 12.0. The van der Waals surface area contributed by atoms with Crippen molar-refractivity contribution in [1.82, 2.24) is 19.7 Å². The van der Waals surface area contributed by atoms with E-state index in [1.807, 2.05) is 71.3 Å². The van der Waals surface area contributed by atoms with Gasteiger partial charge in [0.15, 0.2) is 11.0 Å². The second-order valence-corrected chi connectivity index (χ2v) is 8.94. The van der Waals surface area contributed by atoms with Gasteiger partial charge >= 0.3 is 0 Å². The number of hydrogen-bond acceptors (Lipinski definition) is 6. The number of rotatable bonds is 8. The van der Waals surface area contributed by atoms with Gasteiger partial charge in [-0.15, -0.1) is 10.2 Å². The van der Waals surface area contributed by atoms with E-state index in [0.717, 1.165) is 33.3 Å². The average molecular weight is 469 g/mol. The van der Waals surface area contributed by atoms with Crippen LogP contribution in [0.3, 0.4) is 0 Å². The predicted molar refractivity (Wildman–Crippen MR) is 136 cm³/mol. The van der Waals surface area contributed by atoms with Crippen molar-refractivity contribution in [3.63, 3.8) is 0 Å². The molecule has 0 fully saturated rings. The molecule has 7 heteroatoms. The number of aliphatic hydroxyl groups is 1. The van der Waals surface area contributed by atoms with Gasteiger partial charge in [-0.25, -0.2) is 0 Å². The molecule has 0 spiro atoms. The van der Waals surface area contributed by atoms with E-state index in [1.165, 1.54) is 11.8 Å². The van der Waals surface area contributed by atoms with Crippen LogP contribution in [0.2, 0.25) is 0 Å². The SMILES string of the molecule is Cc1ccccc1-n1c(SCC(O)COc2ccc3ccccc3c2)nnc1-c1cccnc1. The lowest BCUT2D eigenvalue weighted by Crippen LogP contribution is -2.20. The molecule has 6 nitrogen and oxygen atoms in total. The quantitative estimate of drug-likeness (QED) is 0.311. The normalized spacial score (nSPS) is 12.1. The van der Waals surface area contributed by atoms with Crippen LogP contribution in [-0.4, -0.2) is 43.3 Å². The summed E-state index contributed by atoms with van der Waals surface area (Å²) >= 11 is 1.45. The van der Waals surface area contributed by atoms with Crippen molar-refractivity contribution >= 4 is 22.5 Å². The molecule has 0 aliphatic carbocycles. The zero-order chi connectivity index (χ0) is 23.3. The Morgan fingerprint density at radius 1 is 0.941 bits per heavy atom. The van der Waals surface area contributed by atoms with Gasteiger partial charge in [0.05, 0.1) is 11.8 Å². The first kappa shape index (κ1) is 22.1. The van der Waals surface area contributed by atoms with E-state index in [4.69, 9.17) is 4.74 Å². The number of para-hydroxylation sites is 1. The Morgan fingerprint density at radius 2 is 1.76 bits per heavy atom. The molecule has 0 aliphatic rings. The Bertz CT molecular complexity index is 1400. The minimum atomic E-state index is -0.666. The maximum atomic E-state index is 10.6. The van der Waals surface area contributed by atoms with Gasteiger partial charge < -0.3 is 9.84 Å². The summed E-state index contributed by atoms with van der Waals surface area (Å²) < 4.78 is 7.88. The van der Waals surface area contributed by atoms with Crippen LogP contribution < -0.4 is 4.74 Å². The lowest BCUT2D eigenvalue weighted by molar-refractivity contribution is 0.126. The Hall–Kier alpha value is -3.68. The molecule has 170 valence electrons. The van der Waals surface area contributed by atoms with Crippen LogP contribution in [0.4, 0.5) is 0 Å². The average Bonchev–Trinajstić information content (AvgIpc) is 3.30. The van der Waals surface area contributed by atoms with Crippen molar-refractivity contribution in [1.29, 1.82) is 0 Å². The second-order valence-electron chi connectivity index (χ2n) is 7.95. The Kier molecular flexibility index (Phi) is 6.56. The van der Waals surface area contributed by atoms with Gasteiger partial charge in [0.25, 0.3) is 0 Å². The maximum absolute atomic E-state index is 10.6. The van der Waals surface area contributed by atoms with Crippen molar-refractivity contribution in [3.05, 3.63) is 96.8 Å². The lowest BCUT2D eigenvalue weighted by atomic mass is 10.1. The molecule has 1 N–H and O–H groups in total. The van der Waals surface area contributed by atoms with Gasteiger partial charge in [-0.2, -0.15) is 0 Å². The van der Waals surface area contributed by atoms with Gasteiger partial charge in [0.2, 0.25) is 0 Å². The van der Waals surface area contributed by atoms with Crippen molar-refractivity contribution in [2.45, 2.75) is 18.2 Å². The fourth-order valence-corrected chi connectivity index (χ4v) is 4.60. The highest BCUT2D eigenvalue weighted by molar-refractivity contribution is 7.99. The third kappa shape index (κ3) is 4.81. The zero-order valence-electron chi connectivity index (χ0n) is 18.7. The first-order valence-electron chi connectivity index (χ1n) is 11.0. The van der Waals surface area contributed by atoms with E-state index >= 15 is 0 Å². The van der Waals surface area contributed by atoms with Gasteiger partial charge in [-0.1, -0.05) is 60.3 Å². The highest BCUT2D eigenvalue weighted by Crippen LogP contribution is 2.29. The number of hydrogen-bond donors (Lipinski definition) is 1. The smallest absolute Gasteiger partial charge is 0.196 e. The molecule has 2 aromatic heterocycles. The van der Waals surface area contributed by atoms with Gasteiger partial charge in [0, 0.05) is 23.7 Å². The molecule has 0 saturated carbocycles. The van der Waals surface area contributed by atoms with E-state index in [-0.39, 0.29) is 6.61 Å². The summed E-state index contributed by atoms with van der Waals surface area (Å²) in [7, 11) is 0. The molecule has 0 bridgehead atoms. The fourth-order valence-electron chi connectivity index (χ4n) is 3.75. The second kappa shape index (κ2) is 10.1. The molecule has 5 aromatic rings. The number of benzene rings is 3. The molecule has 5 rings (SSSR count). The van der Waals surface area contributed by atoms with Crippen LogP contribution >= 0.6 is 11.8 Å². The summed E-state index contributed by atoms with van der Waals surface area (Å²) in [5, 5.41) is 22.5. The minimum absolute atomic E-state index is 0.194. The number of nitrogens with zero attached hydrogens (tertiary/aromatic N) is 4. The Morgan fingerprint density at radius 3 is 2.59 bits per heavy atom. The summed E-state index contributed by atoms with van der Waals surface area (Å²) in [6.45, 7) is 2.25. The molecule has 0 amide bonds. The largest absolute Gasteiger partial charge is 0.491 e. The van der Waals surface area contributed by atoms with Crippen molar-refractivity contribution in [2.75, 3.05) is 12.4 Å². The monoisotopic (exact) mass is 468 g/mol. The molecule has 3 aromatic carbocycles. The summed E-state index contributed by atoms with van der Waals surface area (Å²) in [6, 6.07) is 26.0. The highest BCUT2D eigenvalue weighted by atomic mass is 32.2.